The fraction of sp³-hybridized carbons (Fsp3) is 1.00. The minimum absolute atomic E-state index is 0. The Morgan fingerprint density at radius 1 is 1.35 bits per heavy atom. The van der Waals surface area contributed by atoms with Gasteiger partial charge in [0.05, 0.1) is 5.75 Å². The molecule has 0 saturated heterocycles. The molecular formula is C8H18ClF3N2O2S. The van der Waals surface area contributed by atoms with Crippen molar-refractivity contribution in [3.8, 4) is 0 Å². The van der Waals surface area contributed by atoms with Crippen LogP contribution in [0.3, 0.4) is 0 Å². The largest absolute Gasteiger partial charge is 0.389 e. The molecule has 0 spiro atoms. The molecule has 9 heteroatoms. The summed E-state index contributed by atoms with van der Waals surface area (Å²) in [6.07, 6.45) is -5.35. The number of nitrogens with two attached hydrogens (primary N) is 1. The van der Waals surface area contributed by atoms with Crippen molar-refractivity contribution in [3.05, 3.63) is 0 Å². The lowest BCUT2D eigenvalue weighted by Gasteiger charge is -2.09. The molecule has 0 aliphatic carbocycles. The Labute approximate surface area is 106 Å². The highest BCUT2D eigenvalue weighted by Crippen LogP contribution is 2.21. The van der Waals surface area contributed by atoms with Gasteiger partial charge in [0.1, 0.15) is 0 Å². The highest BCUT2D eigenvalue weighted by molar-refractivity contribution is 7.89. The van der Waals surface area contributed by atoms with Crippen LogP contribution in [0.1, 0.15) is 26.2 Å². The van der Waals surface area contributed by atoms with Crippen molar-refractivity contribution in [1.82, 2.24) is 4.72 Å². The molecule has 3 N–H and O–H groups in total. The van der Waals surface area contributed by atoms with Crippen LogP contribution in [0.15, 0.2) is 0 Å². The summed E-state index contributed by atoms with van der Waals surface area (Å²) in [5.41, 5.74) is 5.40. The second kappa shape index (κ2) is 8.12. The van der Waals surface area contributed by atoms with Crippen LogP contribution >= 0.6 is 12.4 Å². The molecule has 1 unspecified atom stereocenters. The second-order valence-electron chi connectivity index (χ2n) is 3.70. The summed E-state index contributed by atoms with van der Waals surface area (Å²) in [6, 6.07) is -0.141. The van der Waals surface area contributed by atoms with Crippen molar-refractivity contribution in [2.75, 3.05) is 12.3 Å². The third kappa shape index (κ3) is 13.9. The summed E-state index contributed by atoms with van der Waals surface area (Å²) in [5.74, 6) is -0.508. The lowest BCUT2D eigenvalue weighted by atomic mass is 10.3. The zero-order valence-electron chi connectivity index (χ0n) is 9.46. The van der Waals surface area contributed by atoms with Gasteiger partial charge in [0.25, 0.3) is 0 Å². The molecule has 1 atom stereocenters. The Balaban J connectivity index is 0. The van der Waals surface area contributed by atoms with Crippen LogP contribution in [-0.2, 0) is 10.0 Å². The van der Waals surface area contributed by atoms with E-state index in [1.807, 2.05) is 0 Å². The van der Waals surface area contributed by atoms with Crippen LogP contribution in [0, 0.1) is 0 Å². The Kier molecular flexibility index (Phi) is 9.22. The van der Waals surface area contributed by atoms with Crippen molar-refractivity contribution < 1.29 is 21.6 Å². The summed E-state index contributed by atoms with van der Waals surface area (Å²) < 4.78 is 59.8. The van der Waals surface area contributed by atoms with Crippen LogP contribution in [0.25, 0.3) is 0 Å². The number of nitrogens with one attached hydrogen (secondary N) is 1. The fourth-order valence-corrected chi connectivity index (χ4v) is 2.07. The normalized spacial score (nSPS) is 14.2. The maximum Gasteiger partial charge on any atom is 0.389 e. The van der Waals surface area contributed by atoms with Crippen molar-refractivity contribution in [2.24, 2.45) is 5.73 Å². The molecule has 0 bridgehead atoms. The Hall–Kier alpha value is -0.0500. The molecule has 17 heavy (non-hydrogen) atoms. The van der Waals surface area contributed by atoms with E-state index in [1.54, 1.807) is 6.92 Å². The predicted molar refractivity (Wildman–Crippen MR) is 62.6 cm³/mol. The van der Waals surface area contributed by atoms with E-state index in [2.05, 4.69) is 4.72 Å². The van der Waals surface area contributed by atoms with Gasteiger partial charge in [-0.2, -0.15) is 13.2 Å². The average Bonchev–Trinajstić information content (AvgIpc) is 1.99. The van der Waals surface area contributed by atoms with Gasteiger partial charge < -0.3 is 5.73 Å². The van der Waals surface area contributed by atoms with Gasteiger partial charge in [0.15, 0.2) is 0 Å². The number of hydrogen-bond acceptors (Lipinski definition) is 3. The molecule has 0 aromatic heterocycles. The predicted octanol–water partition coefficient (Wildman–Crippen LogP) is 1.41. The summed E-state index contributed by atoms with van der Waals surface area (Å²) in [7, 11) is -3.61. The van der Waals surface area contributed by atoms with Gasteiger partial charge in [-0.1, -0.05) is 0 Å². The fourth-order valence-electron chi connectivity index (χ4n) is 0.977. The minimum Gasteiger partial charge on any atom is -0.328 e. The molecular weight excluding hydrogens is 281 g/mol. The van der Waals surface area contributed by atoms with E-state index in [0.29, 0.717) is 6.42 Å². The summed E-state index contributed by atoms with van der Waals surface area (Å²) in [5, 5.41) is 0. The van der Waals surface area contributed by atoms with Gasteiger partial charge in [-0.05, 0) is 19.8 Å². The van der Waals surface area contributed by atoms with E-state index in [1.165, 1.54) is 0 Å². The van der Waals surface area contributed by atoms with E-state index in [0.717, 1.165) is 0 Å². The number of alkyl halides is 3. The molecule has 4 nitrogen and oxygen atoms in total. The molecule has 0 aliphatic heterocycles. The first kappa shape index (κ1) is 19.3. The van der Waals surface area contributed by atoms with Gasteiger partial charge in [-0.3, -0.25) is 0 Å². The van der Waals surface area contributed by atoms with Gasteiger partial charge >= 0.3 is 6.18 Å². The average molecular weight is 299 g/mol. The highest BCUT2D eigenvalue weighted by atomic mass is 35.5. The number of hydrogen-bond donors (Lipinski definition) is 2. The number of rotatable bonds is 7. The second-order valence-corrected chi connectivity index (χ2v) is 5.62. The monoisotopic (exact) mass is 298 g/mol. The molecule has 0 amide bonds. The zero-order valence-corrected chi connectivity index (χ0v) is 11.1. The van der Waals surface area contributed by atoms with Crippen LogP contribution < -0.4 is 10.5 Å². The minimum atomic E-state index is -4.30. The van der Waals surface area contributed by atoms with Crippen LogP contribution in [0.2, 0.25) is 0 Å². The Morgan fingerprint density at radius 3 is 2.29 bits per heavy atom. The zero-order chi connectivity index (χ0) is 12.8. The van der Waals surface area contributed by atoms with Crippen LogP contribution in [-0.4, -0.2) is 32.9 Å². The topological polar surface area (TPSA) is 72.2 Å². The first-order valence-electron chi connectivity index (χ1n) is 4.92. The first-order chi connectivity index (χ1) is 7.12. The van der Waals surface area contributed by atoms with E-state index in [-0.39, 0.29) is 25.0 Å². The van der Waals surface area contributed by atoms with E-state index in [4.69, 9.17) is 5.73 Å². The van der Waals surface area contributed by atoms with Gasteiger partial charge in [0, 0.05) is 19.0 Å². The van der Waals surface area contributed by atoms with Gasteiger partial charge in [-0.25, -0.2) is 13.1 Å². The summed E-state index contributed by atoms with van der Waals surface area (Å²) in [4.78, 5) is 0. The van der Waals surface area contributed by atoms with Crippen molar-refractivity contribution in [2.45, 2.75) is 38.4 Å². The lowest BCUT2D eigenvalue weighted by Crippen LogP contribution is -2.31. The van der Waals surface area contributed by atoms with Crippen molar-refractivity contribution in [3.63, 3.8) is 0 Å². The Morgan fingerprint density at radius 2 is 1.88 bits per heavy atom. The van der Waals surface area contributed by atoms with E-state index < -0.39 is 34.8 Å². The molecule has 0 aliphatic rings. The summed E-state index contributed by atoms with van der Waals surface area (Å²) >= 11 is 0. The molecule has 0 rings (SSSR count). The first-order valence-corrected chi connectivity index (χ1v) is 6.57. The number of sulfonamides is 1. The molecule has 0 fully saturated rings. The smallest absolute Gasteiger partial charge is 0.328 e. The Bertz CT molecular complexity index is 294. The molecule has 0 saturated carbocycles. The van der Waals surface area contributed by atoms with Gasteiger partial charge in [0.2, 0.25) is 10.0 Å². The molecule has 0 aromatic rings. The SMILES string of the molecule is CC(N)CCNS(=O)(=O)CCCC(F)(F)F.Cl. The third-order valence-electron chi connectivity index (χ3n) is 1.79. The quantitative estimate of drug-likeness (QED) is 0.746. The third-order valence-corrected chi connectivity index (χ3v) is 3.27. The van der Waals surface area contributed by atoms with Crippen molar-refractivity contribution in [1.29, 1.82) is 0 Å². The lowest BCUT2D eigenvalue weighted by molar-refractivity contribution is -0.134. The van der Waals surface area contributed by atoms with Crippen molar-refractivity contribution >= 4 is 22.4 Å². The molecule has 0 aromatic carbocycles. The molecule has 0 heterocycles. The molecule has 0 radical (unpaired) electrons. The molecule has 106 valence electrons. The van der Waals surface area contributed by atoms with E-state index >= 15 is 0 Å². The maximum absolute atomic E-state index is 11.8. The number of halogens is 4. The van der Waals surface area contributed by atoms with Gasteiger partial charge in [-0.15, -0.1) is 12.4 Å². The highest BCUT2D eigenvalue weighted by Gasteiger charge is 2.27. The van der Waals surface area contributed by atoms with E-state index in [9.17, 15) is 21.6 Å². The summed E-state index contributed by atoms with van der Waals surface area (Å²) in [6.45, 7) is 1.88. The van der Waals surface area contributed by atoms with Crippen LogP contribution in [0.4, 0.5) is 13.2 Å². The maximum atomic E-state index is 11.8. The van der Waals surface area contributed by atoms with Crippen LogP contribution in [0.5, 0.6) is 0 Å². The standard InChI is InChI=1S/C8H17F3N2O2S.ClH/c1-7(12)3-5-13-16(14,15)6-2-4-8(9,10)11;/h7,13H,2-6,12H2,1H3;1H.